The highest BCUT2D eigenvalue weighted by Crippen LogP contribution is 2.26. The van der Waals surface area contributed by atoms with Crippen LogP contribution in [0, 0.1) is 0 Å². The van der Waals surface area contributed by atoms with Crippen LogP contribution in [0.15, 0.2) is 0 Å². The molecule has 0 spiro atoms. The summed E-state index contributed by atoms with van der Waals surface area (Å²) in [5.74, 6) is 0.309. The van der Waals surface area contributed by atoms with Crippen molar-refractivity contribution in [2.45, 2.75) is 37.6 Å². The third-order valence-electron chi connectivity index (χ3n) is 2.41. The predicted molar refractivity (Wildman–Crippen MR) is 42.1 cm³/mol. The van der Waals surface area contributed by atoms with Crippen LogP contribution in [0.3, 0.4) is 0 Å². The zero-order valence-corrected chi connectivity index (χ0v) is 6.68. The molecule has 0 radical (unpaired) electrons. The van der Waals surface area contributed by atoms with E-state index in [1.807, 2.05) is 0 Å². The van der Waals surface area contributed by atoms with Gasteiger partial charge >= 0.3 is 0 Å². The average Bonchev–Trinajstić information content (AvgIpc) is 1.97. The number of hydrogen-bond acceptors (Lipinski definition) is 3. The van der Waals surface area contributed by atoms with E-state index in [2.05, 4.69) is 0 Å². The van der Waals surface area contributed by atoms with Gasteiger partial charge in [-0.15, -0.1) is 0 Å². The van der Waals surface area contributed by atoms with Crippen LogP contribution in [0.25, 0.3) is 0 Å². The Morgan fingerprint density at radius 1 is 1.45 bits per heavy atom. The average molecular weight is 157 g/mol. The first-order valence-corrected chi connectivity index (χ1v) is 4.08. The molecule has 0 aromatic heterocycles. The van der Waals surface area contributed by atoms with Crippen molar-refractivity contribution in [1.29, 1.82) is 0 Å². The Hall–Kier alpha value is -0.410. The van der Waals surface area contributed by atoms with E-state index in [-0.39, 0.29) is 12.1 Å². The van der Waals surface area contributed by atoms with Crippen LogP contribution in [0.2, 0.25) is 0 Å². The normalized spacial score (nSPS) is 23.6. The Balaban J connectivity index is 2.41. The summed E-state index contributed by atoms with van der Waals surface area (Å²) < 4.78 is 0. The summed E-state index contributed by atoms with van der Waals surface area (Å²) in [5, 5.41) is 8.68. The first kappa shape index (κ1) is 8.68. The Labute approximate surface area is 66.6 Å². The van der Waals surface area contributed by atoms with Crippen molar-refractivity contribution in [3.63, 3.8) is 0 Å². The Morgan fingerprint density at radius 2 is 2.00 bits per heavy atom. The van der Waals surface area contributed by atoms with E-state index in [1.54, 1.807) is 0 Å². The molecular formula is C8H15NO2. The number of carbonyl (C=O) groups is 1. The van der Waals surface area contributed by atoms with Crippen LogP contribution in [0.1, 0.15) is 32.1 Å². The zero-order chi connectivity index (χ0) is 8.32. The van der Waals surface area contributed by atoms with Crippen LogP contribution >= 0.6 is 0 Å². The molecule has 3 nitrogen and oxygen atoms in total. The molecule has 0 aromatic carbocycles. The van der Waals surface area contributed by atoms with Crippen LogP contribution in [0.4, 0.5) is 0 Å². The summed E-state index contributed by atoms with van der Waals surface area (Å²) >= 11 is 0. The monoisotopic (exact) mass is 157 g/mol. The topological polar surface area (TPSA) is 63.3 Å². The molecule has 0 unspecified atom stereocenters. The van der Waals surface area contributed by atoms with Crippen molar-refractivity contribution in [1.82, 2.24) is 0 Å². The van der Waals surface area contributed by atoms with Crippen molar-refractivity contribution < 1.29 is 9.90 Å². The van der Waals surface area contributed by atoms with E-state index >= 15 is 0 Å². The van der Waals surface area contributed by atoms with Crippen LogP contribution < -0.4 is 5.73 Å². The molecular weight excluding hydrogens is 142 g/mol. The first-order chi connectivity index (χ1) is 5.16. The number of ketones is 1. The van der Waals surface area contributed by atoms with E-state index in [0.29, 0.717) is 25.0 Å². The molecule has 64 valence electrons. The Kier molecular flexibility index (Phi) is 2.62. The number of aliphatic hydroxyl groups excluding tert-OH is 1. The number of aliphatic hydroxyl groups is 1. The van der Waals surface area contributed by atoms with Crippen LogP contribution in [0.5, 0.6) is 0 Å². The molecule has 0 atom stereocenters. The second-order valence-electron chi connectivity index (χ2n) is 3.37. The highest BCUT2D eigenvalue weighted by molar-refractivity contribution is 5.79. The summed E-state index contributed by atoms with van der Waals surface area (Å²) in [6.45, 7) is 0.130. The van der Waals surface area contributed by atoms with Gasteiger partial charge in [-0.1, -0.05) is 0 Å². The minimum atomic E-state index is -0.261. The number of nitrogens with two attached hydrogens (primary N) is 1. The molecule has 3 heteroatoms. The maximum atomic E-state index is 10.8. The maximum absolute atomic E-state index is 10.8. The fraction of sp³-hybridized carbons (Fsp3) is 0.875. The minimum Gasteiger partial charge on any atom is -0.396 e. The van der Waals surface area contributed by atoms with Gasteiger partial charge in [0.25, 0.3) is 0 Å². The number of Topliss-reactive ketones (excluding diaryl/α,β-unsaturated/α-hetero) is 1. The largest absolute Gasteiger partial charge is 0.396 e. The van der Waals surface area contributed by atoms with Crippen molar-refractivity contribution in [2.24, 2.45) is 5.73 Å². The molecule has 1 aliphatic rings. The lowest BCUT2D eigenvalue weighted by Gasteiger charge is -2.31. The fourth-order valence-corrected chi connectivity index (χ4v) is 1.50. The SMILES string of the molecule is NC1(CCO)CCC(=O)CC1. The molecule has 1 fully saturated rings. The number of rotatable bonds is 2. The fourth-order valence-electron chi connectivity index (χ4n) is 1.50. The third-order valence-corrected chi connectivity index (χ3v) is 2.41. The van der Waals surface area contributed by atoms with Gasteiger partial charge in [-0.25, -0.2) is 0 Å². The second kappa shape index (κ2) is 3.32. The predicted octanol–water partition coefficient (Wildman–Crippen LogP) is 0.209. The summed E-state index contributed by atoms with van der Waals surface area (Å²) in [7, 11) is 0. The quantitative estimate of drug-likeness (QED) is 0.602. The van der Waals surface area contributed by atoms with Gasteiger partial charge in [-0.3, -0.25) is 4.79 Å². The first-order valence-electron chi connectivity index (χ1n) is 4.08. The lowest BCUT2D eigenvalue weighted by molar-refractivity contribution is -0.121. The maximum Gasteiger partial charge on any atom is 0.133 e. The van der Waals surface area contributed by atoms with Crippen molar-refractivity contribution >= 4 is 5.78 Å². The van der Waals surface area contributed by atoms with Gasteiger partial charge in [0.1, 0.15) is 5.78 Å². The van der Waals surface area contributed by atoms with Gasteiger partial charge in [0.2, 0.25) is 0 Å². The molecule has 0 heterocycles. The molecule has 1 aliphatic carbocycles. The van der Waals surface area contributed by atoms with Gasteiger partial charge in [0.15, 0.2) is 0 Å². The van der Waals surface area contributed by atoms with Crippen LogP contribution in [-0.2, 0) is 4.79 Å². The lowest BCUT2D eigenvalue weighted by Crippen LogP contribution is -2.44. The number of carbonyl (C=O) groups excluding carboxylic acids is 1. The van der Waals surface area contributed by atoms with Crippen molar-refractivity contribution in [2.75, 3.05) is 6.61 Å². The molecule has 11 heavy (non-hydrogen) atoms. The van der Waals surface area contributed by atoms with Crippen LogP contribution in [-0.4, -0.2) is 23.0 Å². The van der Waals surface area contributed by atoms with Crippen molar-refractivity contribution in [3.8, 4) is 0 Å². The molecule has 3 N–H and O–H groups in total. The van der Waals surface area contributed by atoms with Gasteiger partial charge in [0.05, 0.1) is 0 Å². The Morgan fingerprint density at radius 3 is 2.45 bits per heavy atom. The van der Waals surface area contributed by atoms with E-state index in [0.717, 1.165) is 12.8 Å². The standard InChI is InChI=1S/C8H15NO2/c9-8(5-6-10)3-1-7(11)2-4-8/h10H,1-6,9H2. The van der Waals surface area contributed by atoms with Gasteiger partial charge < -0.3 is 10.8 Å². The lowest BCUT2D eigenvalue weighted by atomic mass is 9.80. The highest BCUT2D eigenvalue weighted by Gasteiger charge is 2.29. The van der Waals surface area contributed by atoms with E-state index < -0.39 is 0 Å². The third kappa shape index (κ3) is 2.27. The molecule has 1 saturated carbocycles. The smallest absolute Gasteiger partial charge is 0.133 e. The van der Waals surface area contributed by atoms with Gasteiger partial charge in [-0.2, -0.15) is 0 Å². The number of hydrogen-bond donors (Lipinski definition) is 2. The molecule has 0 aliphatic heterocycles. The summed E-state index contributed by atoms with van der Waals surface area (Å²) in [6, 6.07) is 0. The summed E-state index contributed by atoms with van der Waals surface area (Å²) in [6.07, 6.45) is 3.30. The van der Waals surface area contributed by atoms with E-state index in [9.17, 15) is 4.79 Å². The van der Waals surface area contributed by atoms with Crippen molar-refractivity contribution in [3.05, 3.63) is 0 Å². The van der Waals surface area contributed by atoms with Gasteiger partial charge in [0, 0.05) is 25.0 Å². The summed E-state index contributed by atoms with van der Waals surface area (Å²) in [4.78, 5) is 10.8. The highest BCUT2D eigenvalue weighted by atomic mass is 16.3. The zero-order valence-electron chi connectivity index (χ0n) is 6.68. The summed E-state index contributed by atoms with van der Waals surface area (Å²) in [5.41, 5.74) is 5.66. The molecule has 0 bridgehead atoms. The van der Waals surface area contributed by atoms with E-state index in [1.165, 1.54) is 0 Å². The minimum absolute atomic E-state index is 0.130. The van der Waals surface area contributed by atoms with E-state index in [4.69, 9.17) is 10.8 Å². The molecule has 0 aromatic rings. The molecule has 0 amide bonds. The second-order valence-corrected chi connectivity index (χ2v) is 3.37. The Bertz CT molecular complexity index is 146. The molecule has 1 rings (SSSR count). The molecule has 0 saturated heterocycles. The van der Waals surface area contributed by atoms with Gasteiger partial charge in [-0.05, 0) is 19.3 Å².